The number of carboxylic acid groups (broad SMARTS) is 1. The van der Waals surface area contributed by atoms with Gasteiger partial charge in [0.2, 0.25) is 5.96 Å². The number of aliphatic carboxylic acids is 1. The number of hydrogen-bond acceptors (Lipinski definition) is 6. The van der Waals surface area contributed by atoms with Gasteiger partial charge < -0.3 is 26.1 Å². The smallest absolute Gasteiger partial charge is 0.318 e. The average Bonchev–Trinajstić information content (AvgIpc) is 2.73. The molecule has 0 fully saturated rings. The number of carbonyl (C=O) groups is 1. The Bertz CT molecular complexity index is 779. The van der Waals surface area contributed by atoms with E-state index in [2.05, 4.69) is 28.9 Å². The predicted molar refractivity (Wildman–Crippen MR) is 125 cm³/mol. The summed E-state index contributed by atoms with van der Waals surface area (Å²) in [5, 5.41) is 11.8. The van der Waals surface area contributed by atoms with Gasteiger partial charge in [-0.2, -0.15) is 0 Å². The number of nitrogens with two attached hydrogens (primary N) is 2. The van der Waals surface area contributed by atoms with Crippen molar-refractivity contribution < 1.29 is 19.5 Å². The zero-order chi connectivity index (χ0) is 22.9. The van der Waals surface area contributed by atoms with E-state index in [0.717, 1.165) is 29.9 Å². The molecule has 0 saturated carbocycles. The molecule has 0 heterocycles. The van der Waals surface area contributed by atoms with E-state index in [0.29, 0.717) is 13.2 Å². The molecule has 0 radical (unpaired) electrons. The SMILES string of the molecule is CCCc1ccc(SNCC(=O)O)cc1.Cc1ccc(OCCCON=C(N)N)cc1. The van der Waals surface area contributed by atoms with Crippen LogP contribution in [0.1, 0.15) is 30.9 Å². The maximum atomic E-state index is 10.3. The van der Waals surface area contributed by atoms with E-state index in [1.165, 1.54) is 23.1 Å². The zero-order valence-electron chi connectivity index (χ0n) is 18.0. The standard InChI is InChI=1S/C11H17N3O2.C11H15NO2S/c1-9-3-5-10(6-4-9)15-7-2-8-16-14-11(12)13;1-2-3-9-4-6-10(7-5-9)15-12-8-11(13)14/h3-6H,2,7-8H2,1H3,(H4,12,13,14);4-7,12H,2-3,8H2,1H3,(H,13,14). The largest absolute Gasteiger partial charge is 0.493 e. The van der Waals surface area contributed by atoms with Crippen LogP contribution in [0.2, 0.25) is 0 Å². The van der Waals surface area contributed by atoms with Crippen molar-refractivity contribution in [2.45, 2.75) is 38.0 Å². The lowest BCUT2D eigenvalue weighted by molar-refractivity contribution is -0.135. The van der Waals surface area contributed by atoms with Crippen molar-refractivity contribution in [1.29, 1.82) is 0 Å². The van der Waals surface area contributed by atoms with Crippen LogP contribution < -0.4 is 20.9 Å². The Morgan fingerprint density at radius 2 is 1.77 bits per heavy atom. The van der Waals surface area contributed by atoms with Crippen LogP contribution >= 0.6 is 11.9 Å². The summed E-state index contributed by atoms with van der Waals surface area (Å²) < 4.78 is 8.25. The third-order valence-corrected chi connectivity index (χ3v) is 4.51. The van der Waals surface area contributed by atoms with E-state index in [1.807, 2.05) is 43.3 Å². The lowest BCUT2D eigenvalue weighted by Gasteiger charge is -2.05. The number of oxime groups is 1. The first-order valence-corrected chi connectivity index (χ1v) is 10.8. The predicted octanol–water partition coefficient (Wildman–Crippen LogP) is 3.29. The van der Waals surface area contributed by atoms with Gasteiger partial charge >= 0.3 is 5.97 Å². The van der Waals surface area contributed by atoms with E-state index >= 15 is 0 Å². The maximum absolute atomic E-state index is 10.3. The normalized spacial score (nSPS) is 9.87. The van der Waals surface area contributed by atoms with E-state index in [4.69, 9.17) is 26.1 Å². The quantitative estimate of drug-likeness (QED) is 0.128. The van der Waals surface area contributed by atoms with Crippen molar-refractivity contribution in [3.63, 3.8) is 0 Å². The van der Waals surface area contributed by atoms with Gasteiger partial charge in [0.15, 0.2) is 0 Å². The molecule has 2 aromatic carbocycles. The minimum Gasteiger partial charge on any atom is -0.493 e. The number of rotatable bonds is 12. The van der Waals surface area contributed by atoms with Gasteiger partial charge in [-0.3, -0.25) is 4.79 Å². The molecule has 9 heteroatoms. The molecule has 0 aliphatic rings. The average molecular weight is 449 g/mol. The Labute approximate surface area is 188 Å². The van der Waals surface area contributed by atoms with Gasteiger partial charge in [-0.1, -0.05) is 43.2 Å². The third kappa shape index (κ3) is 13.8. The van der Waals surface area contributed by atoms with Crippen molar-refractivity contribution in [3.8, 4) is 5.75 Å². The number of ether oxygens (including phenoxy) is 1. The van der Waals surface area contributed by atoms with Crippen molar-refractivity contribution >= 4 is 23.9 Å². The Kier molecular flexibility index (Phi) is 13.4. The second-order valence-corrected chi connectivity index (χ2v) is 7.54. The van der Waals surface area contributed by atoms with Crippen molar-refractivity contribution in [3.05, 3.63) is 59.7 Å². The van der Waals surface area contributed by atoms with Gasteiger partial charge in [-0.05, 0) is 60.3 Å². The lowest BCUT2D eigenvalue weighted by Crippen LogP contribution is -2.23. The Morgan fingerprint density at radius 3 is 2.35 bits per heavy atom. The zero-order valence-corrected chi connectivity index (χ0v) is 18.9. The third-order valence-electron chi connectivity index (χ3n) is 3.72. The van der Waals surface area contributed by atoms with Crippen LogP contribution in [-0.2, 0) is 16.1 Å². The molecule has 8 nitrogen and oxygen atoms in total. The van der Waals surface area contributed by atoms with E-state index in [1.54, 1.807) is 0 Å². The molecule has 170 valence electrons. The van der Waals surface area contributed by atoms with Crippen molar-refractivity contribution in [2.24, 2.45) is 16.6 Å². The molecule has 6 N–H and O–H groups in total. The molecule has 0 atom stereocenters. The summed E-state index contributed by atoms with van der Waals surface area (Å²) in [7, 11) is 0. The van der Waals surface area contributed by atoms with Crippen LogP contribution in [-0.4, -0.2) is 36.8 Å². The summed E-state index contributed by atoms with van der Waals surface area (Å²) in [5.74, 6) is -0.0583. The molecular formula is C22H32N4O4S. The Morgan fingerprint density at radius 1 is 1.10 bits per heavy atom. The fraction of sp³-hybridized carbons (Fsp3) is 0.364. The molecule has 2 rings (SSSR count). The van der Waals surface area contributed by atoms with Crippen LogP contribution in [0.15, 0.2) is 58.6 Å². The fourth-order valence-corrected chi connectivity index (χ4v) is 2.90. The number of aryl methyl sites for hydroxylation is 2. The molecule has 0 saturated heterocycles. The molecule has 2 aromatic rings. The summed E-state index contributed by atoms with van der Waals surface area (Å²) in [5.41, 5.74) is 12.7. The summed E-state index contributed by atoms with van der Waals surface area (Å²) in [4.78, 5) is 16.1. The number of benzene rings is 2. The molecule has 0 aliphatic carbocycles. The summed E-state index contributed by atoms with van der Waals surface area (Å²) in [6.07, 6.45) is 2.96. The van der Waals surface area contributed by atoms with Gasteiger partial charge in [-0.15, -0.1) is 0 Å². The maximum Gasteiger partial charge on any atom is 0.318 e. The summed E-state index contributed by atoms with van der Waals surface area (Å²) in [6.45, 7) is 5.16. The highest BCUT2D eigenvalue weighted by atomic mass is 32.2. The molecule has 0 bridgehead atoms. The molecule has 0 unspecified atom stereocenters. The first-order chi connectivity index (χ1) is 14.9. The van der Waals surface area contributed by atoms with Crippen molar-refractivity contribution in [1.82, 2.24) is 4.72 Å². The minimum atomic E-state index is -0.842. The van der Waals surface area contributed by atoms with Crippen LogP contribution in [0.25, 0.3) is 0 Å². The monoisotopic (exact) mass is 448 g/mol. The number of nitrogens with one attached hydrogen (secondary N) is 1. The van der Waals surface area contributed by atoms with Crippen LogP contribution in [0.3, 0.4) is 0 Å². The van der Waals surface area contributed by atoms with E-state index in [-0.39, 0.29) is 12.5 Å². The van der Waals surface area contributed by atoms with Gasteiger partial charge in [0.1, 0.15) is 18.9 Å². The molecule has 0 aromatic heterocycles. The minimum absolute atomic E-state index is 0.0264. The highest BCUT2D eigenvalue weighted by Crippen LogP contribution is 2.15. The molecule has 0 amide bonds. The number of guanidine groups is 1. The highest BCUT2D eigenvalue weighted by Gasteiger charge is 1.98. The Hall–Kier alpha value is -2.91. The van der Waals surface area contributed by atoms with Gasteiger partial charge in [0, 0.05) is 11.3 Å². The lowest BCUT2D eigenvalue weighted by atomic mass is 10.1. The second-order valence-electron chi connectivity index (χ2n) is 6.58. The van der Waals surface area contributed by atoms with Crippen LogP contribution in [0, 0.1) is 6.92 Å². The first kappa shape index (κ1) is 26.1. The number of nitrogens with zero attached hydrogens (tertiary/aromatic N) is 1. The summed E-state index contributed by atoms with van der Waals surface area (Å²) >= 11 is 1.34. The van der Waals surface area contributed by atoms with Gasteiger partial charge in [0.05, 0.1) is 6.61 Å². The number of hydrogen-bond donors (Lipinski definition) is 4. The summed E-state index contributed by atoms with van der Waals surface area (Å²) in [6, 6.07) is 16.0. The second kappa shape index (κ2) is 15.9. The van der Waals surface area contributed by atoms with Gasteiger partial charge in [-0.25, -0.2) is 4.72 Å². The fourth-order valence-electron chi connectivity index (χ4n) is 2.26. The Balaban J connectivity index is 0.000000311. The molecule has 31 heavy (non-hydrogen) atoms. The molecular weight excluding hydrogens is 416 g/mol. The number of carboxylic acids is 1. The van der Waals surface area contributed by atoms with Crippen molar-refractivity contribution in [2.75, 3.05) is 19.8 Å². The van der Waals surface area contributed by atoms with Crippen LogP contribution in [0.5, 0.6) is 5.75 Å². The molecule has 0 aliphatic heterocycles. The highest BCUT2D eigenvalue weighted by molar-refractivity contribution is 7.97. The topological polar surface area (TPSA) is 132 Å². The molecule has 0 spiro atoms. The van der Waals surface area contributed by atoms with E-state index < -0.39 is 5.97 Å². The van der Waals surface area contributed by atoms with Crippen LogP contribution in [0.4, 0.5) is 0 Å². The van der Waals surface area contributed by atoms with E-state index in [9.17, 15) is 4.79 Å². The van der Waals surface area contributed by atoms with Gasteiger partial charge in [0.25, 0.3) is 0 Å². The first-order valence-electron chi connectivity index (χ1n) is 10.0.